The fourth-order valence-corrected chi connectivity index (χ4v) is 2.91. The van der Waals surface area contributed by atoms with Crippen molar-refractivity contribution in [1.82, 2.24) is 4.98 Å². The molecule has 0 bridgehead atoms. The van der Waals surface area contributed by atoms with Crippen LogP contribution in [0.3, 0.4) is 0 Å². The van der Waals surface area contributed by atoms with Crippen LogP contribution in [0.5, 0.6) is 0 Å². The van der Waals surface area contributed by atoms with Crippen LogP contribution in [0.15, 0.2) is 95.6 Å². The smallest absolute Gasteiger partial charge is 0.339 e. The molecule has 0 fully saturated rings. The molecular weight excluding hydrogens is 366 g/mol. The Hall–Kier alpha value is -3.99. The number of nitrogens with zero attached hydrogens (tertiary/aromatic N) is 1. The molecule has 0 aliphatic heterocycles. The number of ether oxygens (including phenoxy) is 1. The van der Waals surface area contributed by atoms with Crippen LogP contribution in [0.1, 0.15) is 32.0 Å². The van der Waals surface area contributed by atoms with Crippen LogP contribution in [0.25, 0.3) is 11.5 Å². The fourth-order valence-electron chi connectivity index (χ4n) is 2.91. The monoisotopic (exact) mass is 383 g/mol. The summed E-state index contributed by atoms with van der Waals surface area (Å²) in [5.41, 5.74) is 2.35. The van der Waals surface area contributed by atoms with Gasteiger partial charge in [0.05, 0.1) is 5.56 Å². The van der Waals surface area contributed by atoms with Gasteiger partial charge in [0, 0.05) is 16.7 Å². The van der Waals surface area contributed by atoms with E-state index in [9.17, 15) is 9.59 Å². The first-order valence-corrected chi connectivity index (χ1v) is 9.08. The SMILES string of the molecule is O=C(OCc1coc(-c2ccccc2)n1)c1ccccc1C(=O)c1ccccc1. The predicted octanol–water partition coefficient (Wildman–Crippen LogP) is 4.93. The Morgan fingerprint density at radius 2 is 1.41 bits per heavy atom. The third-order valence-electron chi connectivity index (χ3n) is 4.35. The molecule has 0 unspecified atom stereocenters. The van der Waals surface area contributed by atoms with Crippen LogP contribution in [0.4, 0.5) is 0 Å². The summed E-state index contributed by atoms with van der Waals surface area (Å²) in [7, 11) is 0. The summed E-state index contributed by atoms with van der Waals surface area (Å²) in [5.74, 6) is -0.364. The van der Waals surface area contributed by atoms with Gasteiger partial charge in [0.15, 0.2) is 5.78 Å². The summed E-state index contributed by atoms with van der Waals surface area (Å²) in [6.45, 7) is -0.0526. The molecule has 0 aliphatic rings. The third-order valence-corrected chi connectivity index (χ3v) is 4.35. The second kappa shape index (κ2) is 8.35. The number of carbonyl (C=O) groups excluding carboxylic acids is 2. The van der Waals surface area contributed by atoms with Gasteiger partial charge in [0.25, 0.3) is 0 Å². The zero-order valence-electron chi connectivity index (χ0n) is 15.4. The highest BCUT2D eigenvalue weighted by molar-refractivity contribution is 6.14. The molecule has 1 heterocycles. The minimum atomic E-state index is -0.589. The first-order valence-electron chi connectivity index (χ1n) is 9.08. The van der Waals surface area contributed by atoms with Crippen molar-refractivity contribution in [2.45, 2.75) is 6.61 Å². The lowest BCUT2D eigenvalue weighted by atomic mass is 9.98. The Morgan fingerprint density at radius 3 is 2.14 bits per heavy atom. The van der Waals surface area contributed by atoms with E-state index in [1.807, 2.05) is 36.4 Å². The van der Waals surface area contributed by atoms with Gasteiger partial charge in [-0.3, -0.25) is 4.79 Å². The van der Waals surface area contributed by atoms with Crippen molar-refractivity contribution < 1.29 is 18.7 Å². The van der Waals surface area contributed by atoms with Gasteiger partial charge in [-0.1, -0.05) is 66.7 Å². The maximum absolute atomic E-state index is 12.8. The van der Waals surface area contributed by atoms with E-state index in [4.69, 9.17) is 9.15 Å². The Balaban J connectivity index is 1.49. The van der Waals surface area contributed by atoms with Crippen molar-refractivity contribution in [3.8, 4) is 11.5 Å². The molecule has 0 saturated heterocycles. The molecule has 0 atom stereocenters. The van der Waals surface area contributed by atoms with Crippen LogP contribution in [-0.4, -0.2) is 16.7 Å². The number of hydrogen-bond acceptors (Lipinski definition) is 5. The fraction of sp³-hybridized carbons (Fsp3) is 0.0417. The van der Waals surface area contributed by atoms with Gasteiger partial charge >= 0.3 is 5.97 Å². The second-order valence-corrected chi connectivity index (χ2v) is 6.33. The minimum Gasteiger partial charge on any atom is -0.455 e. The van der Waals surface area contributed by atoms with Gasteiger partial charge < -0.3 is 9.15 Å². The number of aromatic nitrogens is 1. The largest absolute Gasteiger partial charge is 0.455 e. The molecule has 0 amide bonds. The summed E-state index contributed by atoms with van der Waals surface area (Å²) < 4.78 is 10.8. The molecule has 0 N–H and O–H groups in total. The normalized spacial score (nSPS) is 10.5. The van der Waals surface area contributed by atoms with Gasteiger partial charge in [0.2, 0.25) is 5.89 Å². The predicted molar refractivity (Wildman–Crippen MR) is 107 cm³/mol. The quantitative estimate of drug-likeness (QED) is 0.349. The maximum Gasteiger partial charge on any atom is 0.339 e. The van der Waals surface area contributed by atoms with Gasteiger partial charge in [-0.2, -0.15) is 0 Å². The lowest BCUT2D eigenvalue weighted by Crippen LogP contribution is -2.12. The molecule has 29 heavy (non-hydrogen) atoms. The van der Waals surface area contributed by atoms with E-state index in [0.717, 1.165) is 5.56 Å². The van der Waals surface area contributed by atoms with Crippen molar-refractivity contribution in [2.75, 3.05) is 0 Å². The molecule has 4 aromatic rings. The summed E-state index contributed by atoms with van der Waals surface area (Å²) >= 11 is 0. The van der Waals surface area contributed by atoms with Crippen LogP contribution in [0, 0.1) is 0 Å². The van der Waals surface area contributed by atoms with Crippen LogP contribution < -0.4 is 0 Å². The molecule has 3 aromatic carbocycles. The summed E-state index contributed by atoms with van der Waals surface area (Å²) in [6, 6.07) is 24.9. The molecular formula is C24H17NO4. The Bertz CT molecular complexity index is 1130. The Labute approximate surface area is 167 Å². The molecule has 5 nitrogen and oxygen atoms in total. The second-order valence-electron chi connectivity index (χ2n) is 6.33. The average Bonchev–Trinajstić information content (AvgIpc) is 3.27. The number of oxazole rings is 1. The highest BCUT2D eigenvalue weighted by Crippen LogP contribution is 2.19. The molecule has 4 rings (SSSR count). The first kappa shape index (κ1) is 18.4. The zero-order valence-corrected chi connectivity index (χ0v) is 15.4. The van der Waals surface area contributed by atoms with E-state index in [1.54, 1.807) is 48.5 Å². The van der Waals surface area contributed by atoms with Crippen molar-refractivity contribution in [3.63, 3.8) is 0 Å². The molecule has 0 spiro atoms. The lowest BCUT2D eigenvalue weighted by molar-refractivity contribution is 0.0465. The molecule has 0 radical (unpaired) electrons. The maximum atomic E-state index is 12.8. The molecule has 0 saturated carbocycles. The molecule has 1 aromatic heterocycles. The highest BCUT2D eigenvalue weighted by Gasteiger charge is 2.19. The van der Waals surface area contributed by atoms with Crippen molar-refractivity contribution in [2.24, 2.45) is 0 Å². The third kappa shape index (κ3) is 4.14. The van der Waals surface area contributed by atoms with E-state index < -0.39 is 5.97 Å². The van der Waals surface area contributed by atoms with Crippen LogP contribution in [0.2, 0.25) is 0 Å². The zero-order chi connectivity index (χ0) is 20.1. The van der Waals surface area contributed by atoms with E-state index >= 15 is 0 Å². The molecule has 5 heteroatoms. The Morgan fingerprint density at radius 1 is 0.793 bits per heavy atom. The molecule has 142 valence electrons. The topological polar surface area (TPSA) is 69.4 Å². The van der Waals surface area contributed by atoms with Gasteiger partial charge in [0.1, 0.15) is 18.6 Å². The summed E-state index contributed by atoms with van der Waals surface area (Å²) in [6.07, 6.45) is 1.45. The summed E-state index contributed by atoms with van der Waals surface area (Å²) in [5, 5.41) is 0. The standard InChI is InChI=1S/C24H17NO4/c26-22(17-9-3-1-4-10-17)20-13-7-8-14-21(20)24(27)29-16-19-15-28-23(25-19)18-11-5-2-6-12-18/h1-15H,16H2. The number of ketones is 1. The van der Waals surface area contributed by atoms with Gasteiger partial charge in [-0.15, -0.1) is 0 Å². The van der Waals surface area contributed by atoms with Crippen LogP contribution in [-0.2, 0) is 11.3 Å². The van der Waals surface area contributed by atoms with E-state index in [0.29, 0.717) is 22.7 Å². The van der Waals surface area contributed by atoms with Gasteiger partial charge in [-0.25, -0.2) is 9.78 Å². The Kier molecular flexibility index (Phi) is 5.29. The molecule has 0 aliphatic carbocycles. The number of benzene rings is 3. The number of hydrogen-bond donors (Lipinski definition) is 0. The number of esters is 1. The first-order chi connectivity index (χ1) is 14.2. The van der Waals surface area contributed by atoms with Crippen molar-refractivity contribution in [1.29, 1.82) is 0 Å². The average molecular weight is 383 g/mol. The van der Waals surface area contributed by atoms with Crippen molar-refractivity contribution in [3.05, 3.63) is 114 Å². The van der Waals surface area contributed by atoms with Crippen LogP contribution >= 0.6 is 0 Å². The number of carbonyl (C=O) groups is 2. The van der Waals surface area contributed by atoms with E-state index in [-0.39, 0.29) is 18.0 Å². The summed E-state index contributed by atoms with van der Waals surface area (Å²) in [4.78, 5) is 29.7. The minimum absolute atomic E-state index is 0.0526. The van der Waals surface area contributed by atoms with E-state index in [2.05, 4.69) is 4.98 Å². The van der Waals surface area contributed by atoms with E-state index in [1.165, 1.54) is 6.26 Å². The van der Waals surface area contributed by atoms with Crippen molar-refractivity contribution >= 4 is 11.8 Å². The highest BCUT2D eigenvalue weighted by atomic mass is 16.5. The number of rotatable bonds is 6. The van der Waals surface area contributed by atoms with Gasteiger partial charge in [-0.05, 0) is 18.2 Å². The lowest BCUT2D eigenvalue weighted by Gasteiger charge is -2.08.